The summed E-state index contributed by atoms with van der Waals surface area (Å²) < 4.78 is 7.07. The Morgan fingerprint density at radius 2 is 1.73 bits per heavy atom. The largest absolute Gasteiger partial charge is 0.488 e. The Morgan fingerprint density at radius 3 is 2.47 bits per heavy atom. The van der Waals surface area contributed by atoms with Crippen LogP contribution in [0.2, 0.25) is 0 Å². The van der Waals surface area contributed by atoms with Crippen molar-refractivity contribution in [1.82, 2.24) is 9.78 Å². The summed E-state index contributed by atoms with van der Waals surface area (Å²) in [6.07, 6.45) is 3.04. The Balaban J connectivity index is 1.44. The van der Waals surface area contributed by atoms with Gasteiger partial charge in [-0.1, -0.05) is 24.6 Å². The van der Waals surface area contributed by atoms with Crippen molar-refractivity contribution in [2.75, 3.05) is 5.32 Å². The fourth-order valence-electron chi connectivity index (χ4n) is 3.49. The summed E-state index contributed by atoms with van der Waals surface area (Å²) in [5, 5.41) is 17.0. The summed E-state index contributed by atoms with van der Waals surface area (Å²) in [7, 11) is 0. The highest BCUT2D eigenvalue weighted by molar-refractivity contribution is 6.02. The maximum atomic E-state index is 12.6. The van der Waals surface area contributed by atoms with E-state index in [1.54, 1.807) is 48.5 Å². The second kappa shape index (κ2) is 8.92. The van der Waals surface area contributed by atoms with Crippen LogP contribution in [-0.4, -0.2) is 33.0 Å². The molecule has 1 fully saturated rings. The van der Waals surface area contributed by atoms with Crippen molar-refractivity contribution in [3.8, 4) is 11.4 Å². The first-order chi connectivity index (χ1) is 14.6. The normalized spacial score (nSPS) is 18.6. The molecule has 3 aromatic rings. The van der Waals surface area contributed by atoms with Crippen LogP contribution in [0.15, 0.2) is 71.5 Å². The first kappa shape index (κ1) is 19.8. The van der Waals surface area contributed by atoms with Gasteiger partial charge in [-0.2, -0.15) is 9.78 Å². The number of hydrogen-bond donors (Lipinski definition) is 2. The molecule has 154 valence electrons. The summed E-state index contributed by atoms with van der Waals surface area (Å²) in [4.78, 5) is 24.7. The lowest BCUT2D eigenvalue weighted by Gasteiger charge is -2.28. The predicted molar refractivity (Wildman–Crippen MR) is 113 cm³/mol. The lowest BCUT2D eigenvalue weighted by atomic mass is 9.95. The zero-order valence-corrected chi connectivity index (χ0v) is 16.4. The van der Waals surface area contributed by atoms with Gasteiger partial charge in [-0.05, 0) is 61.7 Å². The van der Waals surface area contributed by atoms with Gasteiger partial charge >= 0.3 is 0 Å². The van der Waals surface area contributed by atoms with Crippen molar-refractivity contribution in [1.29, 1.82) is 0 Å². The fraction of sp³-hybridized carbons (Fsp3) is 0.261. The third kappa shape index (κ3) is 4.58. The number of nitrogens with one attached hydrogen (secondary N) is 1. The van der Waals surface area contributed by atoms with E-state index in [0.29, 0.717) is 17.1 Å². The molecule has 2 atom stereocenters. The van der Waals surface area contributed by atoms with E-state index in [2.05, 4.69) is 10.4 Å². The number of nitrogens with zero attached hydrogens (tertiary/aromatic N) is 2. The van der Waals surface area contributed by atoms with Crippen molar-refractivity contribution in [2.45, 2.75) is 37.9 Å². The fourth-order valence-corrected chi connectivity index (χ4v) is 3.49. The molecule has 0 saturated heterocycles. The topological polar surface area (TPSA) is 93.5 Å². The number of benzene rings is 2. The van der Waals surface area contributed by atoms with Gasteiger partial charge in [0.25, 0.3) is 11.5 Å². The van der Waals surface area contributed by atoms with Crippen LogP contribution in [0.4, 0.5) is 5.69 Å². The molecule has 2 aromatic carbocycles. The molecule has 0 aliphatic heterocycles. The highest BCUT2D eigenvalue weighted by atomic mass is 16.5. The van der Waals surface area contributed by atoms with Crippen LogP contribution >= 0.6 is 0 Å². The van der Waals surface area contributed by atoms with E-state index < -0.39 is 12.0 Å². The average molecular weight is 405 g/mol. The lowest BCUT2D eigenvalue weighted by molar-refractivity contribution is 0.00688. The van der Waals surface area contributed by atoms with Gasteiger partial charge < -0.3 is 15.2 Å². The molecule has 2 unspecified atom stereocenters. The van der Waals surface area contributed by atoms with Crippen molar-refractivity contribution in [3.63, 3.8) is 0 Å². The second-order valence-corrected chi connectivity index (χ2v) is 7.29. The molecule has 30 heavy (non-hydrogen) atoms. The van der Waals surface area contributed by atoms with E-state index in [1.807, 2.05) is 6.07 Å². The molecular formula is C23H23N3O4. The van der Waals surface area contributed by atoms with E-state index in [1.165, 1.54) is 16.8 Å². The summed E-state index contributed by atoms with van der Waals surface area (Å²) >= 11 is 0. The Hall–Kier alpha value is -3.45. The van der Waals surface area contributed by atoms with Crippen molar-refractivity contribution >= 4 is 11.6 Å². The number of carbonyl (C=O) groups excluding carboxylic acids is 1. The SMILES string of the molecule is O=C(Nc1ccc(OC2CCCCC2O)cc1)c1ccc(=O)n(-c2ccccc2)n1. The average Bonchev–Trinajstić information content (AvgIpc) is 2.77. The number of aliphatic hydroxyl groups excluding tert-OH is 1. The van der Waals surface area contributed by atoms with Crippen LogP contribution in [-0.2, 0) is 0 Å². The molecule has 0 bridgehead atoms. The van der Waals surface area contributed by atoms with Crippen LogP contribution in [0.5, 0.6) is 5.75 Å². The van der Waals surface area contributed by atoms with Gasteiger partial charge in [-0.15, -0.1) is 0 Å². The zero-order chi connectivity index (χ0) is 20.9. The molecule has 7 heteroatoms. The number of hydrogen-bond acceptors (Lipinski definition) is 5. The molecule has 1 aliphatic carbocycles. The standard InChI is InChI=1S/C23H23N3O4/c27-20-8-4-5-9-21(20)30-18-12-10-16(11-13-18)24-23(29)19-14-15-22(28)26(25-19)17-6-2-1-3-7-17/h1-3,6-7,10-15,20-21,27H,4-5,8-9H2,(H,24,29). The molecule has 7 nitrogen and oxygen atoms in total. The van der Waals surface area contributed by atoms with Crippen molar-refractivity contribution in [2.24, 2.45) is 0 Å². The smallest absolute Gasteiger partial charge is 0.276 e. The van der Waals surface area contributed by atoms with E-state index >= 15 is 0 Å². The monoisotopic (exact) mass is 405 g/mol. The first-order valence-corrected chi connectivity index (χ1v) is 10.0. The molecule has 1 aromatic heterocycles. The highest BCUT2D eigenvalue weighted by Gasteiger charge is 2.24. The minimum absolute atomic E-state index is 0.129. The zero-order valence-electron chi connectivity index (χ0n) is 16.4. The van der Waals surface area contributed by atoms with Crippen LogP contribution in [0.3, 0.4) is 0 Å². The molecule has 2 N–H and O–H groups in total. The highest BCUT2D eigenvalue weighted by Crippen LogP contribution is 2.25. The van der Waals surface area contributed by atoms with Gasteiger partial charge in [0.1, 0.15) is 17.5 Å². The molecule has 1 aliphatic rings. The number of aliphatic hydroxyl groups is 1. The minimum Gasteiger partial charge on any atom is -0.488 e. The van der Waals surface area contributed by atoms with Crippen LogP contribution < -0.4 is 15.6 Å². The van der Waals surface area contributed by atoms with Crippen LogP contribution in [0, 0.1) is 0 Å². The maximum Gasteiger partial charge on any atom is 0.276 e. The van der Waals surface area contributed by atoms with E-state index in [4.69, 9.17) is 4.74 Å². The molecule has 0 spiro atoms. The number of rotatable bonds is 5. The molecule has 1 saturated carbocycles. The van der Waals surface area contributed by atoms with Gasteiger partial charge in [-0.25, -0.2) is 0 Å². The number of carbonyl (C=O) groups is 1. The number of aromatic nitrogens is 2. The third-order valence-corrected chi connectivity index (χ3v) is 5.10. The lowest BCUT2D eigenvalue weighted by Crippen LogP contribution is -2.34. The Morgan fingerprint density at radius 1 is 1.00 bits per heavy atom. The van der Waals surface area contributed by atoms with Crippen molar-refractivity contribution in [3.05, 3.63) is 82.8 Å². The van der Waals surface area contributed by atoms with E-state index in [-0.39, 0.29) is 17.4 Å². The van der Waals surface area contributed by atoms with Gasteiger partial charge in [0, 0.05) is 11.8 Å². The summed E-state index contributed by atoms with van der Waals surface area (Å²) in [5.74, 6) is 0.228. The second-order valence-electron chi connectivity index (χ2n) is 7.29. The van der Waals surface area contributed by atoms with Crippen LogP contribution in [0.25, 0.3) is 5.69 Å². The molecule has 0 radical (unpaired) electrons. The molecule has 1 heterocycles. The van der Waals surface area contributed by atoms with Gasteiger partial charge in [-0.3, -0.25) is 9.59 Å². The summed E-state index contributed by atoms with van der Waals surface area (Å²) in [6, 6.07) is 18.6. The van der Waals surface area contributed by atoms with E-state index in [0.717, 1.165) is 25.7 Å². The third-order valence-electron chi connectivity index (χ3n) is 5.10. The Bertz CT molecular complexity index is 1060. The maximum absolute atomic E-state index is 12.6. The summed E-state index contributed by atoms with van der Waals surface area (Å²) in [6.45, 7) is 0. The minimum atomic E-state index is -0.440. The quantitative estimate of drug-likeness (QED) is 0.680. The van der Waals surface area contributed by atoms with Gasteiger partial charge in [0.15, 0.2) is 0 Å². The van der Waals surface area contributed by atoms with Gasteiger partial charge in [0.05, 0.1) is 11.8 Å². The molecule has 4 rings (SSSR count). The van der Waals surface area contributed by atoms with E-state index in [9.17, 15) is 14.7 Å². The van der Waals surface area contributed by atoms with Gasteiger partial charge in [0.2, 0.25) is 0 Å². The number of amides is 1. The summed E-state index contributed by atoms with van der Waals surface area (Å²) in [5.41, 5.74) is 0.979. The van der Waals surface area contributed by atoms with Crippen molar-refractivity contribution < 1.29 is 14.6 Å². The predicted octanol–water partition coefficient (Wildman–Crippen LogP) is 3.17. The Kier molecular flexibility index (Phi) is 5.90. The molecule has 1 amide bonds. The Labute approximate surface area is 173 Å². The molecular weight excluding hydrogens is 382 g/mol. The number of ether oxygens (including phenoxy) is 1. The number of anilines is 1. The first-order valence-electron chi connectivity index (χ1n) is 10.0. The number of para-hydroxylation sites is 1. The van der Waals surface area contributed by atoms with Crippen LogP contribution in [0.1, 0.15) is 36.2 Å².